The summed E-state index contributed by atoms with van der Waals surface area (Å²) in [6.45, 7) is 13.8. The Bertz CT molecular complexity index is 443. The summed E-state index contributed by atoms with van der Waals surface area (Å²) in [7, 11) is 0. The molecule has 3 N–H and O–H groups in total. The van der Waals surface area contributed by atoms with Crippen molar-refractivity contribution in [2.75, 3.05) is 45.8 Å². The highest BCUT2D eigenvalue weighted by Crippen LogP contribution is 2.21. The molecule has 2 aliphatic rings. The van der Waals surface area contributed by atoms with Crippen molar-refractivity contribution < 1.29 is 4.79 Å². The Hall–Kier alpha value is -1.30. The zero-order valence-corrected chi connectivity index (χ0v) is 16.3. The number of primary amides is 1. The third-order valence-corrected chi connectivity index (χ3v) is 5.27. The molecule has 2 aliphatic heterocycles. The molecule has 0 saturated carbocycles. The van der Waals surface area contributed by atoms with Crippen molar-refractivity contribution in [1.82, 2.24) is 15.1 Å². The van der Waals surface area contributed by atoms with E-state index >= 15 is 0 Å². The molecular formula is C19H37N5O. The molecule has 2 heterocycles. The van der Waals surface area contributed by atoms with Gasteiger partial charge < -0.3 is 20.9 Å². The van der Waals surface area contributed by atoms with Gasteiger partial charge in [-0.25, -0.2) is 0 Å². The second-order valence-corrected chi connectivity index (χ2v) is 8.07. The number of carbonyl (C=O) groups excluding carboxylic acids is 1. The lowest BCUT2D eigenvalue weighted by Gasteiger charge is -2.36. The maximum atomic E-state index is 11.2. The van der Waals surface area contributed by atoms with Gasteiger partial charge in [0.05, 0.1) is 6.54 Å². The molecule has 6 heteroatoms. The maximum absolute atomic E-state index is 11.2. The third kappa shape index (κ3) is 6.84. The number of carbonyl (C=O) groups is 1. The van der Waals surface area contributed by atoms with E-state index in [1.807, 2.05) is 0 Å². The Kier molecular flexibility index (Phi) is 8.00. The van der Waals surface area contributed by atoms with Crippen molar-refractivity contribution >= 4 is 11.9 Å². The Morgan fingerprint density at radius 2 is 1.96 bits per heavy atom. The van der Waals surface area contributed by atoms with E-state index in [0.29, 0.717) is 12.3 Å². The zero-order valence-electron chi connectivity index (χ0n) is 16.3. The highest BCUT2D eigenvalue weighted by Gasteiger charge is 2.24. The second kappa shape index (κ2) is 10.00. The average molecular weight is 352 g/mol. The lowest BCUT2D eigenvalue weighted by atomic mass is 9.92. The summed E-state index contributed by atoms with van der Waals surface area (Å²) in [4.78, 5) is 21.0. The molecule has 0 bridgehead atoms. The van der Waals surface area contributed by atoms with Gasteiger partial charge in [0.1, 0.15) is 0 Å². The average Bonchev–Trinajstić information content (AvgIpc) is 2.53. The van der Waals surface area contributed by atoms with Crippen LogP contribution in [-0.4, -0.2) is 67.5 Å². The molecule has 144 valence electrons. The van der Waals surface area contributed by atoms with Crippen LogP contribution in [0, 0.1) is 17.8 Å². The molecule has 0 aromatic rings. The number of rotatable bonds is 6. The number of hydrogen-bond acceptors (Lipinski definition) is 3. The van der Waals surface area contributed by atoms with E-state index in [1.54, 1.807) is 0 Å². The molecule has 0 spiro atoms. The van der Waals surface area contributed by atoms with Gasteiger partial charge in [-0.05, 0) is 43.9 Å². The van der Waals surface area contributed by atoms with Crippen molar-refractivity contribution in [3.05, 3.63) is 0 Å². The van der Waals surface area contributed by atoms with Gasteiger partial charge in [0.25, 0.3) is 0 Å². The molecule has 2 saturated heterocycles. The molecule has 0 aromatic carbocycles. The lowest BCUT2D eigenvalue weighted by molar-refractivity contribution is -0.119. The van der Waals surface area contributed by atoms with Crippen molar-refractivity contribution in [3.63, 3.8) is 0 Å². The predicted octanol–water partition coefficient (Wildman–Crippen LogP) is 1.52. The van der Waals surface area contributed by atoms with Crippen LogP contribution in [0.25, 0.3) is 0 Å². The molecule has 3 unspecified atom stereocenters. The van der Waals surface area contributed by atoms with Crippen molar-refractivity contribution in [2.45, 2.75) is 46.5 Å². The van der Waals surface area contributed by atoms with Gasteiger partial charge in [0.2, 0.25) is 5.91 Å². The van der Waals surface area contributed by atoms with Crippen LogP contribution >= 0.6 is 0 Å². The van der Waals surface area contributed by atoms with Gasteiger partial charge in [-0.3, -0.25) is 9.79 Å². The molecular weight excluding hydrogens is 314 g/mol. The summed E-state index contributed by atoms with van der Waals surface area (Å²) in [6.07, 6.45) is 4.02. The number of nitrogens with zero attached hydrogens (tertiary/aromatic N) is 3. The van der Waals surface area contributed by atoms with Crippen LogP contribution in [0.3, 0.4) is 0 Å². The number of nitrogens with one attached hydrogen (secondary N) is 1. The van der Waals surface area contributed by atoms with Gasteiger partial charge >= 0.3 is 0 Å². The highest BCUT2D eigenvalue weighted by molar-refractivity contribution is 5.80. The monoisotopic (exact) mass is 351 g/mol. The number of likely N-dealkylation sites (tertiary alicyclic amines) is 2. The van der Waals surface area contributed by atoms with E-state index in [9.17, 15) is 4.79 Å². The van der Waals surface area contributed by atoms with Crippen molar-refractivity contribution in [2.24, 2.45) is 28.5 Å². The van der Waals surface area contributed by atoms with Crippen LogP contribution < -0.4 is 11.1 Å². The summed E-state index contributed by atoms with van der Waals surface area (Å²) < 4.78 is 0. The molecule has 1 amide bonds. The largest absolute Gasteiger partial charge is 0.370 e. The van der Waals surface area contributed by atoms with E-state index in [1.165, 1.54) is 19.5 Å². The topological polar surface area (TPSA) is 74.0 Å². The number of hydrogen-bond donors (Lipinski definition) is 2. The molecule has 25 heavy (non-hydrogen) atoms. The Balaban J connectivity index is 1.87. The smallest absolute Gasteiger partial charge is 0.217 e. The minimum Gasteiger partial charge on any atom is -0.370 e. The van der Waals surface area contributed by atoms with Gasteiger partial charge in [-0.2, -0.15) is 0 Å². The lowest BCUT2D eigenvalue weighted by Crippen LogP contribution is -2.47. The van der Waals surface area contributed by atoms with Crippen molar-refractivity contribution in [1.29, 1.82) is 0 Å². The normalized spacial score (nSPS) is 28.8. The first-order chi connectivity index (χ1) is 12.0. The summed E-state index contributed by atoms with van der Waals surface area (Å²) in [6, 6.07) is 0. The van der Waals surface area contributed by atoms with E-state index < -0.39 is 0 Å². The molecule has 0 aliphatic carbocycles. The Morgan fingerprint density at radius 1 is 1.24 bits per heavy atom. The van der Waals surface area contributed by atoms with Crippen molar-refractivity contribution in [3.8, 4) is 0 Å². The minimum absolute atomic E-state index is 0.192. The van der Waals surface area contributed by atoms with Crippen LogP contribution in [0.2, 0.25) is 0 Å². The molecule has 6 nitrogen and oxygen atoms in total. The molecule has 3 atom stereocenters. The van der Waals surface area contributed by atoms with Crippen LogP contribution in [0.4, 0.5) is 0 Å². The van der Waals surface area contributed by atoms with Gasteiger partial charge in [-0.1, -0.05) is 13.8 Å². The minimum atomic E-state index is -0.192. The standard InChI is InChI=1S/C19H37N5O/c1-4-21-19(24-8-5-6-17(14-24)11-18(20)25)22-7-9-23-12-15(2)10-16(3)13-23/h15-17H,4-14H2,1-3H3,(H2,20,25)(H,21,22). The quantitative estimate of drug-likeness (QED) is 0.562. The number of piperidine rings is 2. The number of guanidine groups is 1. The number of amides is 1. The zero-order chi connectivity index (χ0) is 18.2. The van der Waals surface area contributed by atoms with Gasteiger partial charge in [0, 0.05) is 45.7 Å². The first-order valence-corrected chi connectivity index (χ1v) is 10.0. The Morgan fingerprint density at radius 3 is 2.60 bits per heavy atom. The maximum Gasteiger partial charge on any atom is 0.217 e. The summed E-state index contributed by atoms with van der Waals surface area (Å²) in [5, 5.41) is 3.42. The number of aliphatic imine (C=N–C) groups is 1. The third-order valence-electron chi connectivity index (χ3n) is 5.27. The van der Waals surface area contributed by atoms with Crippen LogP contribution in [0.5, 0.6) is 0 Å². The summed E-state index contributed by atoms with van der Waals surface area (Å²) >= 11 is 0. The molecule has 0 aromatic heterocycles. The summed E-state index contributed by atoms with van der Waals surface area (Å²) in [5.74, 6) is 2.74. The van der Waals surface area contributed by atoms with Gasteiger partial charge in [0.15, 0.2) is 5.96 Å². The fraction of sp³-hybridized carbons (Fsp3) is 0.895. The summed E-state index contributed by atoms with van der Waals surface area (Å²) in [5.41, 5.74) is 5.38. The fourth-order valence-corrected chi connectivity index (χ4v) is 4.41. The molecule has 2 rings (SSSR count). The SMILES string of the molecule is CCNC(=NCCN1CC(C)CC(C)C1)N1CCCC(CC(N)=O)C1. The van der Waals surface area contributed by atoms with E-state index in [0.717, 1.165) is 63.4 Å². The highest BCUT2D eigenvalue weighted by atomic mass is 16.1. The van der Waals surface area contributed by atoms with Crippen LogP contribution in [-0.2, 0) is 4.79 Å². The predicted molar refractivity (Wildman–Crippen MR) is 103 cm³/mol. The van der Waals surface area contributed by atoms with Crippen LogP contribution in [0.15, 0.2) is 4.99 Å². The van der Waals surface area contributed by atoms with E-state index in [-0.39, 0.29) is 5.91 Å². The Labute approximate surface area is 153 Å². The number of nitrogens with two attached hydrogens (primary N) is 1. The molecule has 0 radical (unpaired) electrons. The van der Waals surface area contributed by atoms with Crippen LogP contribution in [0.1, 0.15) is 46.5 Å². The first-order valence-electron chi connectivity index (χ1n) is 10.0. The van der Waals surface area contributed by atoms with Gasteiger partial charge in [-0.15, -0.1) is 0 Å². The molecule has 2 fully saturated rings. The second-order valence-electron chi connectivity index (χ2n) is 8.07. The fourth-order valence-electron chi connectivity index (χ4n) is 4.41. The van der Waals surface area contributed by atoms with E-state index in [2.05, 4.69) is 35.9 Å². The van der Waals surface area contributed by atoms with E-state index in [4.69, 9.17) is 10.7 Å². The first kappa shape index (κ1) is 20.0.